The van der Waals surface area contributed by atoms with Gasteiger partial charge in [-0.2, -0.15) is 0 Å². The molecular formula is C21H18N4O. The molecule has 0 amide bonds. The number of hydrogen-bond acceptors (Lipinski definition) is 4. The number of aromatic nitrogens is 3. The molecule has 0 radical (unpaired) electrons. The van der Waals surface area contributed by atoms with E-state index in [9.17, 15) is 4.79 Å². The van der Waals surface area contributed by atoms with Gasteiger partial charge in [-0.3, -0.25) is 4.79 Å². The van der Waals surface area contributed by atoms with Crippen LogP contribution in [-0.4, -0.2) is 14.5 Å². The van der Waals surface area contributed by atoms with E-state index >= 15 is 0 Å². The molecule has 0 aliphatic carbocycles. The van der Waals surface area contributed by atoms with Gasteiger partial charge in [0.15, 0.2) is 0 Å². The minimum atomic E-state index is -0.00966. The van der Waals surface area contributed by atoms with Crippen molar-refractivity contribution in [1.82, 2.24) is 14.5 Å². The molecule has 0 fully saturated rings. The van der Waals surface area contributed by atoms with Gasteiger partial charge < -0.3 is 10.3 Å². The Morgan fingerprint density at radius 1 is 1.08 bits per heavy atom. The minimum absolute atomic E-state index is 0.00966. The summed E-state index contributed by atoms with van der Waals surface area (Å²) in [7, 11) is 0. The van der Waals surface area contributed by atoms with Crippen LogP contribution in [0.5, 0.6) is 0 Å². The van der Waals surface area contributed by atoms with E-state index in [4.69, 9.17) is 5.73 Å². The van der Waals surface area contributed by atoms with Gasteiger partial charge in [0, 0.05) is 17.8 Å². The quantitative estimate of drug-likeness (QED) is 0.619. The third-order valence-corrected chi connectivity index (χ3v) is 4.46. The highest BCUT2D eigenvalue weighted by atomic mass is 16.1. The van der Waals surface area contributed by atoms with E-state index in [1.54, 1.807) is 10.8 Å². The predicted octanol–water partition coefficient (Wildman–Crippen LogP) is 3.40. The SMILES string of the molecule is Cc1ccn(Cc2ccccc2)c(=O)c1-c1ccc2nc(N)ncc2c1. The first-order chi connectivity index (χ1) is 12.6. The number of rotatable bonds is 3. The maximum atomic E-state index is 13.1. The number of benzene rings is 2. The molecular weight excluding hydrogens is 324 g/mol. The molecule has 2 N–H and O–H groups in total. The average Bonchev–Trinajstić information content (AvgIpc) is 2.65. The molecule has 0 aliphatic rings. The van der Waals surface area contributed by atoms with E-state index in [0.717, 1.165) is 27.6 Å². The number of nitrogens with zero attached hydrogens (tertiary/aromatic N) is 3. The third-order valence-electron chi connectivity index (χ3n) is 4.46. The lowest BCUT2D eigenvalue weighted by Gasteiger charge is -2.12. The molecule has 0 saturated heterocycles. The maximum Gasteiger partial charge on any atom is 0.258 e. The molecule has 4 aromatic rings. The van der Waals surface area contributed by atoms with Gasteiger partial charge in [-0.15, -0.1) is 0 Å². The van der Waals surface area contributed by atoms with E-state index in [-0.39, 0.29) is 11.5 Å². The first-order valence-electron chi connectivity index (χ1n) is 8.38. The Bertz CT molecular complexity index is 1150. The molecule has 5 heteroatoms. The van der Waals surface area contributed by atoms with Gasteiger partial charge in [0.25, 0.3) is 5.56 Å². The fourth-order valence-corrected chi connectivity index (χ4v) is 3.12. The summed E-state index contributed by atoms with van der Waals surface area (Å²) in [5, 5.41) is 0.856. The van der Waals surface area contributed by atoms with Crippen LogP contribution in [0.4, 0.5) is 5.95 Å². The van der Waals surface area contributed by atoms with E-state index < -0.39 is 0 Å². The van der Waals surface area contributed by atoms with Crippen molar-refractivity contribution >= 4 is 16.9 Å². The van der Waals surface area contributed by atoms with Crippen LogP contribution in [0.15, 0.2) is 71.8 Å². The zero-order valence-electron chi connectivity index (χ0n) is 14.4. The zero-order chi connectivity index (χ0) is 18.1. The van der Waals surface area contributed by atoms with Crippen LogP contribution in [0, 0.1) is 6.92 Å². The molecule has 2 heterocycles. The Labute approximate surface area is 150 Å². The second-order valence-electron chi connectivity index (χ2n) is 6.29. The Morgan fingerprint density at radius 2 is 1.88 bits per heavy atom. The highest BCUT2D eigenvalue weighted by Crippen LogP contribution is 2.24. The number of nitrogens with two attached hydrogens (primary N) is 1. The van der Waals surface area contributed by atoms with Gasteiger partial charge in [-0.05, 0) is 41.8 Å². The second-order valence-corrected chi connectivity index (χ2v) is 6.29. The third kappa shape index (κ3) is 2.95. The van der Waals surface area contributed by atoms with Crippen molar-refractivity contribution in [2.24, 2.45) is 0 Å². The van der Waals surface area contributed by atoms with Crippen molar-refractivity contribution in [3.05, 3.63) is 88.5 Å². The number of fused-ring (bicyclic) bond motifs is 1. The van der Waals surface area contributed by atoms with E-state index in [2.05, 4.69) is 9.97 Å². The average molecular weight is 342 g/mol. The summed E-state index contributed by atoms with van der Waals surface area (Å²) in [6.45, 7) is 2.49. The number of pyridine rings is 1. The monoisotopic (exact) mass is 342 g/mol. The topological polar surface area (TPSA) is 73.8 Å². The predicted molar refractivity (Wildman–Crippen MR) is 104 cm³/mol. The van der Waals surface area contributed by atoms with Crippen LogP contribution in [-0.2, 0) is 6.54 Å². The summed E-state index contributed by atoms with van der Waals surface area (Å²) in [6, 6.07) is 17.6. The molecule has 0 spiro atoms. The molecule has 0 atom stereocenters. The summed E-state index contributed by atoms with van der Waals surface area (Å²) in [5.74, 6) is 0.242. The van der Waals surface area contributed by atoms with Gasteiger partial charge in [-0.1, -0.05) is 36.4 Å². The van der Waals surface area contributed by atoms with Crippen LogP contribution >= 0.6 is 0 Å². The van der Waals surface area contributed by atoms with Crippen LogP contribution in [0.1, 0.15) is 11.1 Å². The van der Waals surface area contributed by atoms with Crippen molar-refractivity contribution in [1.29, 1.82) is 0 Å². The summed E-state index contributed by atoms with van der Waals surface area (Å²) >= 11 is 0. The Kier molecular flexibility index (Phi) is 3.97. The fraction of sp³-hybridized carbons (Fsp3) is 0.0952. The summed E-state index contributed by atoms with van der Waals surface area (Å²) in [6.07, 6.45) is 3.53. The molecule has 4 rings (SSSR count). The smallest absolute Gasteiger partial charge is 0.258 e. The lowest BCUT2D eigenvalue weighted by Crippen LogP contribution is -2.22. The van der Waals surface area contributed by atoms with Gasteiger partial charge in [0.1, 0.15) is 0 Å². The van der Waals surface area contributed by atoms with E-state index in [1.165, 1.54) is 0 Å². The number of aryl methyl sites for hydroxylation is 1. The fourth-order valence-electron chi connectivity index (χ4n) is 3.12. The second kappa shape index (κ2) is 6.44. The lowest BCUT2D eigenvalue weighted by molar-refractivity contribution is 0.759. The van der Waals surface area contributed by atoms with Gasteiger partial charge in [0.2, 0.25) is 5.95 Å². The molecule has 0 aliphatic heterocycles. The molecule has 5 nitrogen and oxygen atoms in total. The Hall–Kier alpha value is -3.47. The van der Waals surface area contributed by atoms with E-state index in [0.29, 0.717) is 12.1 Å². The summed E-state index contributed by atoms with van der Waals surface area (Å²) in [5.41, 5.74) is 9.98. The first kappa shape index (κ1) is 16.0. The maximum absolute atomic E-state index is 13.1. The van der Waals surface area contributed by atoms with Gasteiger partial charge in [-0.25, -0.2) is 9.97 Å². The van der Waals surface area contributed by atoms with Crippen LogP contribution in [0.2, 0.25) is 0 Å². The van der Waals surface area contributed by atoms with Crippen molar-refractivity contribution in [2.45, 2.75) is 13.5 Å². The zero-order valence-corrected chi connectivity index (χ0v) is 14.4. The normalized spacial score (nSPS) is 11.0. The molecule has 2 aromatic heterocycles. The highest BCUT2D eigenvalue weighted by Gasteiger charge is 2.11. The highest BCUT2D eigenvalue weighted by molar-refractivity contribution is 5.84. The molecule has 2 aromatic carbocycles. The van der Waals surface area contributed by atoms with Crippen molar-refractivity contribution in [2.75, 3.05) is 5.73 Å². The van der Waals surface area contributed by atoms with Crippen molar-refractivity contribution < 1.29 is 0 Å². The van der Waals surface area contributed by atoms with Gasteiger partial charge >= 0.3 is 0 Å². The van der Waals surface area contributed by atoms with Crippen LogP contribution in [0.25, 0.3) is 22.0 Å². The van der Waals surface area contributed by atoms with E-state index in [1.807, 2.05) is 67.7 Å². The largest absolute Gasteiger partial charge is 0.368 e. The molecule has 0 bridgehead atoms. The first-order valence-corrected chi connectivity index (χ1v) is 8.38. The summed E-state index contributed by atoms with van der Waals surface area (Å²) in [4.78, 5) is 21.4. The molecule has 0 unspecified atom stereocenters. The van der Waals surface area contributed by atoms with Crippen LogP contribution in [0.3, 0.4) is 0 Å². The Balaban J connectivity index is 1.82. The molecule has 0 saturated carbocycles. The number of hydrogen-bond donors (Lipinski definition) is 1. The lowest BCUT2D eigenvalue weighted by atomic mass is 10.0. The molecule has 26 heavy (non-hydrogen) atoms. The minimum Gasteiger partial charge on any atom is -0.368 e. The molecule has 128 valence electrons. The van der Waals surface area contributed by atoms with Crippen molar-refractivity contribution in [3.63, 3.8) is 0 Å². The van der Waals surface area contributed by atoms with Crippen molar-refractivity contribution in [3.8, 4) is 11.1 Å². The van der Waals surface area contributed by atoms with Gasteiger partial charge in [0.05, 0.1) is 17.6 Å². The number of anilines is 1. The number of nitrogen functional groups attached to an aromatic ring is 1. The van der Waals surface area contributed by atoms with Crippen LogP contribution < -0.4 is 11.3 Å². The summed E-state index contributed by atoms with van der Waals surface area (Å²) < 4.78 is 1.74. The standard InChI is InChI=1S/C21H18N4O/c1-14-9-10-25(13-15-5-3-2-4-6-15)20(26)19(14)16-7-8-18-17(11-16)12-23-21(22)24-18/h2-12H,13H2,1H3,(H2,22,23,24). The Morgan fingerprint density at radius 3 is 2.69 bits per heavy atom.